The van der Waals surface area contributed by atoms with Gasteiger partial charge in [-0.15, -0.1) is 0 Å². The van der Waals surface area contributed by atoms with Crippen LogP contribution in [0.15, 0.2) is 85.1 Å². The average Bonchev–Trinajstić information content (AvgIpc) is 2.99. The number of hydrogen-bond donors (Lipinski definition) is 0. The second-order valence-electron chi connectivity index (χ2n) is 10.2. The van der Waals surface area contributed by atoms with Gasteiger partial charge in [-0.2, -0.15) is 0 Å². The van der Waals surface area contributed by atoms with E-state index in [0.29, 0.717) is 18.7 Å². The first-order chi connectivity index (χ1) is 19.5. The van der Waals surface area contributed by atoms with Gasteiger partial charge in [-0.1, -0.05) is 48.5 Å². The average molecular weight is 538 g/mol. The molecule has 1 atom stereocenters. The van der Waals surface area contributed by atoms with Crippen LogP contribution in [0.4, 0.5) is 5.69 Å². The molecule has 1 saturated heterocycles. The molecule has 0 N–H and O–H groups in total. The van der Waals surface area contributed by atoms with Gasteiger partial charge in [-0.05, 0) is 43.2 Å². The lowest BCUT2D eigenvalue weighted by Gasteiger charge is -2.40. The highest BCUT2D eigenvalue weighted by molar-refractivity contribution is 5.94. The van der Waals surface area contributed by atoms with E-state index in [1.165, 1.54) is 0 Å². The van der Waals surface area contributed by atoms with Crippen molar-refractivity contribution < 1.29 is 9.72 Å². The van der Waals surface area contributed by atoms with Crippen molar-refractivity contribution in [2.45, 2.75) is 26.4 Å². The van der Waals surface area contributed by atoms with Gasteiger partial charge in [0.2, 0.25) is 0 Å². The minimum atomic E-state index is -0.364. The number of carbonyl (C=O) groups is 1. The zero-order valence-electron chi connectivity index (χ0n) is 23.1. The first-order valence-corrected chi connectivity index (χ1v) is 13.9. The number of non-ortho nitro benzene ring substituents is 1. The Morgan fingerprint density at radius 2 is 1.60 bits per heavy atom. The van der Waals surface area contributed by atoms with E-state index in [-0.39, 0.29) is 22.6 Å². The number of carbonyl (C=O) groups excluding carboxylic acids is 1. The van der Waals surface area contributed by atoms with Crippen LogP contribution >= 0.6 is 0 Å². The summed E-state index contributed by atoms with van der Waals surface area (Å²) in [6, 6.07) is 25.3. The molecule has 0 aliphatic carbocycles. The van der Waals surface area contributed by atoms with Crippen LogP contribution in [-0.2, 0) is 6.54 Å². The van der Waals surface area contributed by atoms with Gasteiger partial charge in [-0.25, -0.2) is 0 Å². The van der Waals surface area contributed by atoms with Crippen LogP contribution in [-0.4, -0.2) is 69.8 Å². The molecule has 1 aliphatic heterocycles. The predicted molar refractivity (Wildman–Crippen MR) is 157 cm³/mol. The molecule has 8 heteroatoms. The van der Waals surface area contributed by atoms with E-state index in [1.807, 2.05) is 55.3 Å². The Morgan fingerprint density at radius 1 is 0.925 bits per heavy atom. The van der Waals surface area contributed by atoms with E-state index in [4.69, 9.17) is 4.98 Å². The molecular weight excluding hydrogens is 502 g/mol. The quantitative estimate of drug-likeness (QED) is 0.206. The number of piperazine rings is 1. The van der Waals surface area contributed by atoms with Crippen LogP contribution < -0.4 is 0 Å². The molecule has 4 aromatic rings. The van der Waals surface area contributed by atoms with Crippen molar-refractivity contribution in [2.24, 2.45) is 0 Å². The molecule has 1 amide bonds. The summed E-state index contributed by atoms with van der Waals surface area (Å²) >= 11 is 0. The molecule has 40 heavy (non-hydrogen) atoms. The minimum Gasteiger partial charge on any atom is -0.339 e. The third-order valence-corrected chi connectivity index (χ3v) is 7.81. The molecule has 1 unspecified atom stereocenters. The maximum atomic E-state index is 12.9. The molecule has 1 fully saturated rings. The van der Waals surface area contributed by atoms with E-state index in [9.17, 15) is 14.9 Å². The van der Waals surface area contributed by atoms with E-state index >= 15 is 0 Å². The summed E-state index contributed by atoms with van der Waals surface area (Å²) in [5, 5.41) is 12.1. The molecule has 1 aliphatic rings. The summed E-state index contributed by atoms with van der Waals surface area (Å²) in [4.78, 5) is 35.1. The molecule has 8 nitrogen and oxygen atoms in total. The number of nitro groups is 1. The molecular formula is C32H35N5O3. The number of fused-ring (bicyclic) bond motifs is 1. The van der Waals surface area contributed by atoms with Crippen LogP contribution in [0, 0.1) is 10.1 Å². The van der Waals surface area contributed by atoms with Crippen molar-refractivity contribution in [1.82, 2.24) is 19.7 Å². The lowest BCUT2D eigenvalue weighted by atomic mass is 9.93. The third-order valence-electron chi connectivity index (χ3n) is 7.81. The highest BCUT2D eigenvalue weighted by Gasteiger charge is 2.28. The van der Waals surface area contributed by atoms with Crippen molar-refractivity contribution >= 4 is 22.5 Å². The van der Waals surface area contributed by atoms with Gasteiger partial charge in [0, 0.05) is 80.7 Å². The first kappa shape index (κ1) is 27.4. The van der Waals surface area contributed by atoms with E-state index < -0.39 is 0 Å². The molecule has 5 rings (SSSR count). The van der Waals surface area contributed by atoms with Gasteiger partial charge in [0.05, 0.1) is 16.5 Å². The summed E-state index contributed by atoms with van der Waals surface area (Å²) in [6.07, 6.45) is 1.84. The maximum Gasteiger partial charge on any atom is 0.269 e. The molecule has 0 radical (unpaired) electrons. The number of pyridine rings is 1. The molecule has 0 bridgehead atoms. The van der Waals surface area contributed by atoms with Gasteiger partial charge >= 0.3 is 0 Å². The van der Waals surface area contributed by atoms with E-state index in [1.54, 1.807) is 12.1 Å². The fourth-order valence-electron chi connectivity index (χ4n) is 5.60. The normalized spacial score (nSPS) is 15.2. The van der Waals surface area contributed by atoms with Crippen molar-refractivity contribution in [3.63, 3.8) is 0 Å². The van der Waals surface area contributed by atoms with E-state index in [2.05, 4.69) is 46.2 Å². The second kappa shape index (κ2) is 12.4. The van der Waals surface area contributed by atoms with Crippen LogP contribution in [0.2, 0.25) is 0 Å². The number of para-hydroxylation sites is 1. The number of hydrogen-bond acceptors (Lipinski definition) is 6. The Labute approximate surface area is 235 Å². The van der Waals surface area contributed by atoms with Crippen molar-refractivity contribution in [3.05, 3.63) is 117 Å². The van der Waals surface area contributed by atoms with Crippen LogP contribution in [0.3, 0.4) is 0 Å². The Kier molecular flexibility index (Phi) is 8.48. The fourth-order valence-corrected chi connectivity index (χ4v) is 5.60. The summed E-state index contributed by atoms with van der Waals surface area (Å²) in [6.45, 7) is 9.61. The molecule has 206 valence electrons. The lowest BCUT2D eigenvalue weighted by molar-refractivity contribution is -0.384. The Bertz CT molecular complexity index is 1460. The Hall–Kier alpha value is -4.14. The van der Waals surface area contributed by atoms with Gasteiger partial charge in [-0.3, -0.25) is 29.7 Å². The summed E-state index contributed by atoms with van der Waals surface area (Å²) in [7, 11) is 0. The van der Waals surface area contributed by atoms with Crippen molar-refractivity contribution in [3.8, 4) is 0 Å². The van der Waals surface area contributed by atoms with Gasteiger partial charge < -0.3 is 4.90 Å². The molecule has 0 saturated carbocycles. The highest BCUT2D eigenvalue weighted by Crippen LogP contribution is 2.34. The number of amides is 1. The summed E-state index contributed by atoms with van der Waals surface area (Å²) < 4.78 is 0. The van der Waals surface area contributed by atoms with Crippen LogP contribution in [0.1, 0.15) is 46.9 Å². The number of nitrogens with zero attached hydrogens (tertiary/aromatic N) is 5. The standard InChI is InChI=1S/C32H35N5O3/c1-3-35(4-2)32(38)27-14-12-26(13-15-27)31(29-9-5-7-25-8-6-18-33-30(25)29)36-21-19-34(20-22-36)23-24-10-16-28(17-11-24)37(39)40/h5-18,31H,3-4,19-23H2,1-2H3. The van der Waals surface area contributed by atoms with Gasteiger partial charge in [0.1, 0.15) is 0 Å². The molecule has 0 spiro atoms. The number of aromatic nitrogens is 1. The van der Waals surface area contributed by atoms with Crippen LogP contribution in [0.5, 0.6) is 0 Å². The third kappa shape index (κ3) is 5.88. The maximum absolute atomic E-state index is 12.9. The van der Waals surface area contributed by atoms with Gasteiger partial charge in [0.15, 0.2) is 0 Å². The SMILES string of the molecule is CCN(CC)C(=O)c1ccc(C(c2cccc3cccnc23)N2CCN(Cc3ccc([N+](=O)[O-])cc3)CC2)cc1. The molecule has 2 heterocycles. The largest absolute Gasteiger partial charge is 0.339 e. The monoisotopic (exact) mass is 537 g/mol. The van der Waals surface area contributed by atoms with Crippen LogP contribution in [0.25, 0.3) is 10.9 Å². The Morgan fingerprint density at radius 3 is 2.25 bits per heavy atom. The highest BCUT2D eigenvalue weighted by atomic mass is 16.6. The number of rotatable bonds is 9. The fraction of sp³-hybridized carbons (Fsp3) is 0.312. The smallest absolute Gasteiger partial charge is 0.269 e. The summed E-state index contributed by atoms with van der Waals surface area (Å²) in [5.74, 6) is 0.0554. The first-order valence-electron chi connectivity index (χ1n) is 13.9. The van der Waals surface area contributed by atoms with E-state index in [0.717, 1.165) is 60.3 Å². The molecule has 1 aromatic heterocycles. The van der Waals surface area contributed by atoms with Crippen molar-refractivity contribution in [1.29, 1.82) is 0 Å². The van der Waals surface area contributed by atoms with Gasteiger partial charge in [0.25, 0.3) is 11.6 Å². The minimum absolute atomic E-state index is 0.00210. The summed E-state index contributed by atoms with van der Waals surface area (Å²) in [5.41, 5.74) is 5.18. The van der Waals surface area contributed by atoms with Crippen molar-refractivity contribution in [2.75, 3.05) is 39.3 Å². The topological polar surface area (TPSA) is 82.8 Å². The lowest BCUT2D eigenvalue weighted by Crippen LogP contribution is -2.47. The number of benzene rings is 3. The Balaban J connectivity index is 1.40. The zero-order chi connectivity index (χ0) is 28.1. The second-order valence-corrected chi connectivity index (χ2v) is 10.2. The molecule has 3 aromatic carbocycles. The predicted octanol–water partition coefficient (Wildman–Crippen LogP) is 5.53. The number of nitro benzene ring substituents is 1. The zero-order valence-corrected chi connectivity index (χ0v) is 23.1.